The van der Waals surface area contributed by atoms with Crippen LogP contribution in [0, 0.1) is 0 Å². The molecule has 1 aromatic heterocycles. The number of ether oxygens (including phenoxy) is 1. The van der Waals surface area contributed by atoms with E-state index >= 15 is 0 Å². The van der Waals surface area contributed by atoms with Gasteiger partial charge in [0.15, 0.2) is 0 Å². The van der Waals surface area contributed by atoms with Gasteiger partial charge in [-0.3, -0.25) is 4.79 Å². The zero-order valence-electron chi connectivity index (χ0n) is 10.9. The Labute approximate surface area is 117 Å². The van der Waals surface area contributed by atoms with E-state index < -0.39 is 0 Å². The van der Waals surface area contributed by atoms with E-state index in [9.17, 15) is 4.79 Å². The van der Waals surface area contributed by atoms with Crippen molar-refractivity contribution in [2.75, 3.05) is 25.0 Å². The number of hydrogen-bond donors (Lipinski definition) is 2. The minimum Gasteiger partial charge on any atom is -0.376 e. The summed E-state index contributed by atoms with van der Waals surface area (Å²) < 4.78 is 5.45. The van der Waals surface area contributed by atoms with Gasteiger partial charge in [-0.05, 0) is 25.8 Å². The minimum atomic E-state index is -0.173. The number of aromatic nitrogens is 1. The quantitative estimate of drug-likeness (QED) is 0.868. The second-order valence-electron chi connectivity index (χ2n) is 4.43. The summed E-state index contributed by atoms with van der Waals surface area (Å²) >= 11 is 6.05. The lowest BCUT2D eigenvalue weighted by atomic mass is 10.2. The summed E-state index contributed by atoms with van der Waals surface area (Å²) in [5, 5.41) is 6.31. The first kappa shape index (κ1) is 14.1. The van der Waals surface area contributed by atoms with Gasteiger partial charge in [-0.1, -0.05) is 11.6 Å². The Morgan fingerprint density at radius 1 is 1.63 bits per heavy atom. The van der Waals surface area contributed by atoms with Crippen LogP contribution in [0.4, 0.5) is 5.82 Å². The van der Waals surface area contributed by atoms with Gasteiger partial charge < -0.3 is 15.4 Å². The Bertz CT molecular complexity index is 448. The number of rotatable bonds is 5. The van der Waals surface area contributed by atoms with Gasteiger partial charge in [-0.15, -0.1) is 0 Å². The number of nitrogens with one attached hydrogen (secondary N) is 2. The van der Waals surface area contributed by atoms with E-state index in [4.69, 9.17) is 16.3 Å². The maximum Gasteiger partial charge on any atom is 0.252 e. The molecule has 6 heteroatoms. The molecule has 1 aliphatic heterocycles. The Morgan fingerprint density at radius 2 is 2.47 bits per heavy atom. The zero-order valence-corrected chi connectivity index (χ0v) is 11.7. The highest BCUT2D eigenvalue weighted by atomic mass is 35.5. The van der Waals surface area contributed by atoms with Crippen LogP contribution in [0.15, 0.2) is 12.3 Å². The summed E-state index contributed by atoms with van der Waals surface area (Å²) in [5.74, 6) is 0.424. The van der Waals surface area contributed by atoms with Crippen molar-refractivity contribution in [1.82, 2.24) is 10.3 Å². The molecule has 1 aliphatic rings. The second-order valence-corrected chi connectivity index (χ2v) is 4.84. The molecule has 104 valence electrons. The summed E-state index contributed by atoms with van der Waals surface area (Å²) in [6, 6.07) is 1.62. The van der Waals surface area contributed by atoms with E-state index in [1.165, 1.54) is 6.20 Å². The van der Waals surface area contributed by atoms with Crippen molar-refractivity contribution in [1.29, 1.82) is 0 Å². The molecule has 2 heterocycles. The van der Waals surface area contributed by atoms with Crippen LogP contribution in [-0.2, 0) is 4.74 Å². The first-order valence-electron chi connectivity index (χ1n) is 6.50. The number of carbonyl (C=O) groups excluding carboxylic acids is 1. The van der Waals surface area contributed by atoms with Crippen LogP contribution in [-0.4, -0.2) is 36.7 Å². The van der Waals surface area contributed by atoms with E-state index in [-0.39, 0.29) is 12.0 Å². The summed E-state index contributed by atoms with van der Waals surface area (Å²) in [6.07, 6.45) is 3.71. The lowest BCUT2D eigenvalue weighted by molar-refractivity contribution is 0.0857. The van der Waals surface area contributed by atoms with Gasteiger partial charge >= 0.3 is 0 Å². The van der Waals surface area contributed by atoms with Gasteiger partial charge in [0.1, 0.15) is 5.82 Å². The van der Waals surface area contributed by atoms with Gasteiger partial charge in [0, 0.05) is 25.9 Å². The van der Waals surface area contributed by atoms with Crippen molar-refractivity contribution < 1.29 is 9.53 Å². The molecule has 1 amide bonds. The average Bonchev–Trinajstić information content (AvgIpc) is 2.91. The van der Waals surface area contributed by atoms with Gasteiger partial charge in [0.2, 0.25) is 0 Å². The van der Waals surface area contributed by atoms with Crippen molar-refractivity contribution in [3.8, 4) is 0 Å². The van der Waals surface area contributed by atoms with E-state index in [1.807, 2.05) is 6.92 Å². The first-order chi connectivity index (χ1) is 9.20. The highest BCUT2D eigenvalue weighted by Crippen LogP contribution is 2.19. The molecule has 2 rings (SSSR count). The van der Waals surface area contributed by atoms with Crippen molar-refractivity contribution in [3.63, 3.8) is 0 Å². The molecular formula is C13H18ClN3O2. The highest BCUT2D eigenvalue weighted by Gasteiger charge is 2.17. The summed E-state index contributed by atoms with van der Waals surface area (Å²) in [7, 11) is 0. The van der Waals surface area contributed by atoms with E-state index in [1.54, 1.807) is 6.07 Å². The standard InChI is InChI=1S/C13H18ClN3O2/c1-2-15-12-11(14)6-9(7-16-12)13(18)17-8-10-4-3-5-19-10/h6-7,10H,2-5,8H2,1H3,(H,15,16)(H,17,18). The largest absolute Gasteiger partial charge is 0.376 e. The van der Waals surface area contributed by atoms with Crippen LogP contribution in [0.2, 0.25) is 5.02 Å². The number of halogens is 1. The Hall–Kier alpha value is -1.33. The Kier molecular flexibility index (Phi) is 4.99. The fraction of sp³-hybridized carbons (Fsp3) is 0.538. The molecule has 0 spiro atoms. The topological polar surface area (TPSA) is 63.2 Å². The van der Waals surface area contributed by atoms with Crippen LogP contribution in [0.3, 0.4) is 0 Å². The van der Waals surface area contributed by atoms with Gasteiger partial charge in [0.25, 0.3) is 5.91 Å². The minimum absolute atomic E-state index is 0.133. The number of anilines is 1. The maximum absolute atomic E-state index is 11.9. The lowest BCUT2D eigenvalue weighted by Gasteiger charge is -2.11. The Balaban J connectivity index is 1.92. The maximum atomic E-state index is 11.9. The zero-order chi connectivity index (χ0) is 13.7. The normalized spacial score (nSPS) is 18.3. The second kappa shape index (κ2) is 6.73. The summed E-state index contributed by atoms with van der Waals surface area (Å²) in [5.41, 5.74) is 0.463. The van der Waals surface area contributed by atoms with Crippen LogP contribution < -0.4 is 10.6 Å². The van der Waals surface area contributed by atoms with Crippen molar-refractivity contribution in [2.24, 2.45) is 0 Å². The third kappa shape index (κ3) is 3.81. The van der Waals surface area contributed by atoms with Gasteiger partial charge in [-0.2, -0.15) is 0 Å². The molecule has 1 unspecified atom stereocenters. The lowest BCUT2D eigenvalue weighted by Crippen LogP contribution is -2.31. The van der Waals surface area contributed by atoms with E-state index in [2.05, 4.69) is 15.6 Å². The highest BCUT2D eigenvalue weighted by molar-refractivity contribution is 6.33. The monoisotopic (exact) mass is 283 g/mol. The molecule has 0 saturated carbocycles. The molecule has 0 aliphatic carbocycles. The summed E-state index contributed by atoms with van der Waals surface area (Å²) in [4.78, 5) is 16.1. The molecule has 1 aromatic rings. The first-order valence-corrected chi connectivity index (χ1v) is 6.87. The molecule has 1 saturated heterocycles. The fourth-order valence-electron chi connectivity index (χ4n) is 1.97. The van der Waals surface area contributed by atoms with Crippen LogP contribution in [0.5, 0.6) is 0 Å². The van der Waals surface area contributed by atoms with Gasteiger partial charge in [0.05, 0.1) is 16.7 Å². The fourth-order valence-corrected chi connectivity index (χ4v) is 2.21. The number of hydrogen-bond acceptors (Lipinski definition) is 4. The average molecular weight is 284 g/mol. The molecule has 2 N–H and O–H groups in total. The number of amides is 1. The third-order valence-corrected chi connectivity index (χ3v) is 3.25. The third-order valence-electron chi connectivity index (χ3n) is 2.96. The van der Waals surface area contributed by atoms with Crippen LogP contribution >= 0.6 is 11.6 Å². The molecule has 0 bridgehead atoms. The predicted molar refractivity (Wildman–Crippen MR) is 74.7 cm³/mol. The van der Waals surface area contributed by atoms with Crippen LogP contribution in [0.25, 0.3) is 0 Å². The van der Waals surface area contributed by atoms with Crippen molar-refractivity contribution in [2.45, 2.75) is 25.9 Å². The van der Waals surface area contributed by atoms with E-state index in [0.29, 0.717) is 22.9 Å². The SMILES string of the molecule is CCNc1ncc(C(=O)NCC2CCCO2)cc1Cl. The van der Waals surface area contributed by atoms with Crippen molar-refractivity contribution in [3.05, 3.63) is 22.8 Å². The Morgan fingerprint density at radius 3 is 3.11 bits per heavy atom. The van der Waals surface area contributed by atoms with Gasteiger partial charge in [-0.25, -0.2) is 4.98 Å². The van der Waals surface area contributed by atoms with E-state index in [0.717, 1.165) is 26.0 Å². The number of carbonyl (C=O) groups is 1. The molecule has 0 aromatic carbocycles. The molecule has 1 fully saturated rings. The molecular weight excluding hydrogens is 266 g/mol. The molecule has 0 radical (unpaired) electrons. The molecule has 1 atom stereocenters. The predicted octanol–water partition coefficient (Wildman–Crippen LogP) is 2.08. The summed E-state index contributed by atoms with van der Waals surface area (Å²) in [6.45, 7) is 4.01. The molecule has 5 nitrogen and oxygen atoms in total. The number of pyridine rings is 1. The van der Waals surface area contributed by atoms with Crippen LogP contribution in [0.1, 0.15) is 30.1 Å². The number of nitrogens with zero attached hydrogens (tertiary/aromatic N) is 1. The smallest absolute Gasteiger partial charge is 0.252 e. The van der Waals surface area contributed by atoms with Crippen molar-refractivity contribution >= 4 is 23.3 Å². The molecule has 19 heavy (non-hydrogen) atoms.